The van der Waals surface area contributed by atoms with Gasteiger partial charge in [-0.2, -0.15) is 0 Å². The van der Waals surface area contributed by atoms with Crippen molar-refractivity contribution in [1.82, 2.24) is 14.4 Å². The van der Waals surface area contributed by atoms with Crippen molar-refractivity contribution in [3.05, 3.63) is 83.7 Å². The lowest BCUT2D eigenvalue weighted by molar-refractivity contribution is -0.133. The molecule has 1 fully saturated rings. The highest BCUT2D eigenvalue weighted by Gasteiger charge is 2.34. The number of ether oxygens (including phenoxy) is 2. The summed E-state index contributed by atoms with van der Waals surface area (Å²) < 4.78 is 13.0. The highest BCUT2D eigenvalue weighted by atomic mass is 16.7. The summed E-state index contributed by atoms with van der Waals surface area (Å²) in [5.74, 6) is 1.05. The van der Waals surface area contributed by atoms with Crippen molar-refractivity contribution in [1.29, 1.82) is 0 Å². The highest BCUT2D eigenvalue weighted by Crippen LogP contribution is 2.33. The molecule has 1 aliphatic heterocycles. The number of carbonyl (C=O) groups excluding carboxylic acids is 2. The molecule has 7 nitrogen and oxygen atoms in total. The van der Waals surface area contributed by atoms with Crippen molar-refractivity contribution in [3.8, 4) is 11.5 Å². The van der Waals surface area contributed by atoms with Crippen molar-refractivity contribution in [2.75, 3.05) is 19.9 Å². The summed E-state index contributed by atoms with van der Waals surface area (Å²) in [4.78, 5) is 30.7. The molecule has 2 aromatic carbocycles. The molecule has 5 rings (SSSR count). The van der Waals surface area contributed by atoms with E-state index < -0.39 is 0 Å². The van der Waals surface area contributed by atoms with E-state index in [0.717, 1.165) is 37.9 Å². The maximum absolute atomic E-state index is 13.6. The molecule has 2 heterocycles. The Labute approximate surface area is 212 Å². The Bertz CT molecular complexity index is 1200. The van der Waals surface area contributed by atoms with Gasteiger partial charge in [-0.1, -0.05) is 43.7 Å². The van der Waals surface area contributed by atoms with Gasteiger partial charge in [0.05, 0.1) is 6.54 Å². The van der Waals surface area contributed by atoms with E-state index in [1.165, 1.54) is 5.56 Å². The van der Waals surface area contributed by atoms with Crippen LogP contribution in [0, 0.1) is 0 Å². The number of benzene rings is 2. The molecule has 0 radical (unpaired) electrons. The Balaban J connectivity index is 1.30. The topological polar surface area (TPSA) is 64.0 Å². The average molecular weight is 488 g/mol. The zero-order valence-corrected chi connectivity index (χ0v) is 20.8. The predicted molar refractivity (Wildman–Crippen MR) is 137 cm³/mol. The molecule has 36 heavy (non-hydrogen) atoms. The predicted octanol–water partition coefficient (Wildman–Crippen LogP) is 4.70. The molecule has 0 spiro atoms. The minimum absolute atomic E-state index is 0.00448. The van der Waals surface area contributed by atoms with E-state index in [2.05, 4.69) is 35.9 Å². The Morgan fingerprint density at radius 1 is 1.00 bits per heavy atom. The molecule has 0 saturated heterocycles. The molecule has 2 amide bonds. The van der Waals surface area contributed by atoms with Gasteiger partial charge in [-0.3, -0.25) is 9.59 Å². The number of hydrogen-bond donors (Lipinski definition) is 0. The van der Waals surface area contributed by atoms with E-state index in [1.54, 1.807) is 23.1 Å². The molecular formula is C29H33N3O4. The summed E-state index contributed by atoms with van der Waals surface area (Å²) in [6.07, 6.45) is 5.87. The first-order valence-corrected chi connectivity index (χ1v) is 12.8. The molecule has 0 N–H and O–H groups in total. The lowest BCUT2D eigenvalue weighted by Gasteiger charge is -2.28. The van der Waals surface area contributed by atoms with Gasteiger partial charge in [0.25, 0.3) is 5.91 Å². The van der Waals surface area contributed by atoms with Crippen molar-refractivity contribution >= 4 is 11.8 Å². The van der Waals surface area contributed by atoms with Gasteiger partial charge in [-0.15, -0.1) is 0 Å². The van der Waals surface area contributed by atoms with Gasteiger partial charge in [0, 0.05) is 36.6 Å². The minimum atomic E-state index is -0.154. The summed E-state index contributed by atoms with van der Waals surface area (Å²) in [5, 5.41) is 0. The maximum Gasteiger partial charge on any atom is 0.254 e. The Morgan fingerprint density at radius 2 is 1.81 bits per heavy atom. The third kappa shape index (κ3) is 5.56. The van der Waals surface area contributed by atoms with Crippen molar-refractivity contribution < 1.29 is 19.1 Å². The zero-order valence-electron chi connectivity index (χ0n) is 20.8. The van der Waals surface area contributed by atoms with E-state index in [-0.39, 0.29) is 31.2 Å². The number of hydrogen-bond acceptors (Lipinski definition) is 4. The number of aromatic nitrogens is 1. The van der Waals surface area contributed by atoms with Crippen LogP contribution in [-0.4, -0.2) is 52.1 Å². The molecule has 7 heteroatoms. The van der Waals surface area contributed by atoms with Crippen LogP contribution in [0.3, 0.4) is 0 Å². The zero-order chi connectivity index (χ0) is 24.9. The maximum atomic E-state index is 13.6. The molecule has 0 unspecified atom stereocenters. The standard InChI is InChI=1S/C29H33N3O4/c1-2-3-15-31(29(34)23-11-14-26-27(17-23)36-21-35-26)20-28(33)32(24-12-13-24)19-25-10-7-16-30(25)18-22-8-5-4-6-9-22/h4-11,14,16-17,24H,2-3,12-13,15,18-21H2,1H3. The van der Waals surface area contributed by atoms with Crippen molar-refractivity contribution in [2.45, 2.75) is 51.7 Å². The summed E-state index contributed by atoms with van der Waals surface area (Å²) in [5.41, 5.74) is 2.83. The van der Waals surface area contributed by atoms with E-state index in [4.69, 9.17) is 9.47 Å². The van der Waals surface area contributed by atoms with Gasteiger partial charge < -0.3 is 23.8 Å². The SMILES string of the molecule is CCCCN(CC(=O)N(Cc1cccn1Cc1ccccc1)C1CC1)C(=O)c1ccc2c(c1)OCO2. The second-order valence-corrected chi connectivity index (χ2v) is 9.51. The van der Waals surface area contributed by atoms with E-state index >= 15 is 0 Å². The van der Waals surface area contributed by atoms with Crippen LogP contribution in [0.5, 0.6) is 11.5 Å². The third-order valence-electron chi connectivity index (χ3n) is 6.77. The lowest BCUT2D eigenvalue weighted by atomic mass is 10.1. The van der Waals surface area contributed by atoms with Gasteiger partial charge in [-0.05, 0) is 55.2 Å². The van der Waals surface area contributed by atoms with Crippen LogP contribution in [0.1, 0.15) is 54.2 Å². The smallest absolute Gasteiger partial charge is 0.254 e. The van der Waals surface area contributed by atoms with E-state index in [0.29, 0.717) is 30.2 Å². The van der Waals surface area contributed by atoms with Gasteiger partial charge in [-0.25, -0.2) is 0 Å². The number of nitrogens with zero attached hydrogens (tertiary/aromatic N) is 3. The fourth-order valence-corrected chi connectivity index (χ4v) is 4.58. The molecule has 3 aromatic rings. The highest BCUT2D eigenvalue weighted by molar-refractivity contribution is 5.97. The molecule has 1 aromatic heterocycles. The number of rotatable bonds is 11. The Kier molecular flexibility index (Phi) is 7.26. The fraction of sp³-hybridized carbons (Fsp3) is 0.379. The van der Waals surface area contributed by atoms with Crippen LogP contribution in [0.2, 0.25) is 0 Å². The van der Waals surface area contributed by atoms with E-state index in [1.807, 2.05) is 29.2 Å². The molecule has 0 bridgehead atoms. The molecule has 1 aliphatic carbocycles. The van der Waals surface area contributed by atoms with Crippen LogP contribution in [-0.2, 0) is 17.9 Å². The minimum Gasteiger partial charge on any atom is -0.454 e. The molecule has 1 saturated carbocycles. The Morgan fingerprint density at radius 3 is 2.58 bits per heavy atom. The van der Waals surface area contributed by atoms with Crippen LogP contribution in [0.4, 0.5) is 0 Å². The van der Waals surface area contributed by atoms with Crippen molar-refractivity contribution in [3.63, 3.8) is 0 Å². The second kappa shape index (κ2) is 10.9. The summed E-state index contributed by atoms with van der Waals surface area (Å²) >= 11 is 0. The Hall–Kier alpha value is -3.74. The number of amides is 2. The number of unbranched alkanes of at least 4 members (excludes halogenated alkanes) is 1. The summed E-state index contributed by atoms with van der Waals surface area (Å²) in [6.45, 7) is 4.17. The van der Waals surface area contributed by atoms with Crippen LogP contribution in [0.25, 0.3) is 0 Å². The van der Waals surface area contributed by atoms with Crippen LogP contribution >= 0.6 is 0 Å². The van der Waals surface area contributed by atoms with Crippen molar-refractivity contribution in [2.24, 2.45) is 0 Å². The molecular weight excluding hydrogens is 454 g/mol. The monoisotopic (exact) mass is 487 g/mol. The first kappa shape index (κ1) is 24.0. The quantitative estimate of drug-likeness (QED) is 0.393. The van der Waals surface area contributed by atoms with Gasteiger partial charge in [0.1, 0.15) is 6.54 Å². The van der Waals surface area contributed by atoms with Gasteiger partial charge in [0.2, 0.25) is 12.7 Å². The molecule has 0 atom stereocenters. The van der Waals surface area contributed by atoms with Crippen LogP contribution < -0.4 is 9.47 Å². The van der Waals surface area contributed by atoms with Gasteiger partial charge in [0.15, 0.2) is 11.5 Å². The fourth-order valence-electron chi connectivity index (χ4n) is 4.58. The molecule has 2 aliphatic rings. The first-order valence-electron chi connectivity index (χ1n) is 12.8. The van der Waals surface area contributed by atoms with Crippen LogP contribution in [0.15, 0.2) is 66.9 Å². The normalized spacial score (nSPS) is 14.0. The second-order valence-electron chi connectivity index (χ2n) is 9.51. The summed E-state index contributed by atoms with van der Waals surface area (Å²) in [6, 6.07) is 19.9. The lowest BCUT2D eigenvalue weighted by Crippen LogP contribution is -2.44. The average Bonchev–Trinajstić information content (AvgIpc) is 3.46. The molecule has 188 valence electrons. The number of fused-ring (bicyclic) bond motifs is 1. The third-order valence-corrected chi connectivity index (χ3v) is 6.77. The largest absolute Gasteiger partial charge is 0.454 e. The van der Waals surface area contributed by atoms with Gasteiger partial charge >= 0.3 is 0 Å². The first-order chi connectivity index (χ1) is 17.6. The summed E-state index contributed by atoms with van der Waals surface area (Å²) in [7, 11) is 0. The number of carbonyl (C=O) groups is 2. The van der Waals surface area contributed by atoms with E-state index in [9.17, 15) is 9.59 Å².